The minimum absolute atomic E-state index is 0.0369. The lowest BCUT2D eigenvalue weighted by molar-refractivity contribution is -0.0497. The van der Waals surface area contributed by atoms with E-state index in [1.165, 1.54) is 18.2 Å². The SMILES string of the molecule is O=C(Nc1ccc(OC(F)F)c(Cl)c1)c1cc(-c2ccncc2)nc2ccccc12. The maximum atomic E-state index is 13.0. The number of halogens is 3. The molecule has 0 fully saturated rings. The van der Waals surface area contributed by atoms with E-state index in [-0.39, 0.29) is 16.7 Å². The molecular formula is C22H14ClF2N3O2. The summed E-state index contributed by atoms with van der Waals surface area (Å²) < 4.78 is 29.1. The number of ether oxygens (including phenoxy) is 1. The predicted octanol–water partition coefficient (Wildman–Crippen LogP) is 5.80. The number of amides is 1. The van der Waals surface area contributed by atoms with E-state index in [2.05, 4.69) is 20.0 Å². The highest BCUT2D eigenvalue weighted by Crippen LogP contribution is 2.30. The number of para-hydroxylation sites is 1. The second kappa shape index (κ2) is 8.42. The van der Waals surface area contributed by atoms with E-state index in [1.54, 1.807) is 36.7 Å². The Kier molecular flexibility index (Phi) is 5.54. The Morgan fingerprint density at radius 2 is 1.80 bits per heavy atom. The molecule has 0 saturated carbocycles. The lowest BCUT2D eigenvalue weighted by Gasteiger charge is -2.12. The lowest BCUT2D eigenvalue weighted by Crippen LogP contribution is -2.13. The number of hydrogen-bond donors (Lipinski definition) is 1. The second-order valence-electron chi connectivity index (χ2n) is 6.29. The normalized spacial score (nSPS) is 10.9. The van der Waals surface area contributed by atoms with Crippen molar-refractivity contribution in [1.82, 2.24) is 9.97 Å². The molecule has 0 spiro atoms. The Hall–Kier alpha value is -3.58. The number of rotatable bonds is 5. The maximum absolute atomic E-state index is 13.0. The van der Waals surface area contributed by atoms with E-state index in [0.717, 1.165) is 5.56 Å². The van der Waals surface area contributed by atoms with Crippen LogP contribution in [0.25, 0.3) is 22.2 Å². The van der Waals surface area contributed by atoms with E-state index < -0.39 is 6.61 Å². The molecule has 2 heterocycles. The number of anilines is 1. The first kappa shape index (κ1) is 19.7. The average molecular weight is 426 g/mol. The van der Waals surface area contributed by atoms with Gasteiger partial charge in [-0.3, -0.25) is 9.78 Å². The molecule has 4 rings (SSSR count). The molecule has 0 atom stereocenters. The van der Waals surface area contributed by atoms with Gasteiger partial charge in [-0.2, -0.15) is 8.78 Å². The maximum Gasteiger partial charge on any atom is 0.387 e. The van der Waals surface area contributed by atoms with Crippen LogP contribution in [0.15, 0.2) is 73.1 Å². The van der Waals surface area contributed by atoms with Crippen LogP contribution in [-0.2, 0) is 0 Å². The molecule has 0 unspecified atom stereocenters. The first-order valence-corrected chi connectivity index (χ1v) is 9.25. The fraction of sp³-hybridized carbons (Fsp3) is 0.0455. The third kappa shape index (κ3) is 4.21. The molecule has 8 heteroatoms. The molecular weight excluding hydrogens is 412 g/mol. The van der Waals surface area contributed by atoms with Gasteiger partial charge in [0.05, 0.1) is 21.8 Å². The summed E-state index contributed by atoms with van der Waals surface area (Å²) in [5, 5.41) is 3.38. The number of alkyl halides is 2. The van der Waals surface area contributed by atoms with Gasteiger partial charge in [-0.25, -0.2) is 4.98 Å². The van der Waals surface area contributed by atoms with Gasteiger partial charge in [0.25, 0.3) is 5.91 Å². The Labute approximate surface area is 175 Å². The Morgan fingerprint density at radius 3 is 2.53 bits per heavy atom. The summed E-state index contributed by atoms with van der Waals surface area (Å²) in [5.74, 6) is -0.554. The Morgan fingerprint density at radius 1 is 1.03 bits per heavy atom. The molecule has 0 aliphatic rings. The van der Waals surface area contributed by atoms with Crippen LogP contribution in [0.2, 0.25) is 5.02 Å². The summed E-state index contributed by atoms with van der Waals surface area (Å²) in [7, 11) is 0. The van der Waals surface area contributed by atoms with Gasteiger partial charge in [0.1, 0.15) is 5.75 Å². The molecule has 0 radical (unpaired) electrons. The topological polar surface area (TPSA) is 64.1 Å². The van der Waals surface area contributed by atoms with E-state index in [9.17, 15) is 13.6 Å². The number of hydrogen-bond acceptors (Lipinski definition) is 4. The quantitative estimate of drug-likeness (QED) is 0.438. The van der Waals surface area contributed by atoms with Crippen LogP contribution < -0.4 is 10.1 Å². The fourth-order valence-electron chi connectivity index (χ4n) is 3.00. The molecule has 2 aromatic heterocycles. The standard InChI is InChI=1S/C22H14ClF2N3O2/c23-17-11-14(5-6-20(17)30-22(24)25)27-21(29)16-12-19(13-7-9-26-10-8-13)28-18-4-2-1-3-15(16)18/h1-12,22H,(H,27,29). The second-order valence-corrected chi connectivity index (χ2v) is 6.69. The summed E-state index contributed by atoms with van der Waals surface area (Å²) in [5.41, 5.74) is 2.87. The number of carbonyl (C=O) groups excluding carboxylic acids is 1. The summed E-state index contributed by atoms with van der Waals surface area (Å²) in [6.45, 7) is -2.99. The number of carbonyl (C=O) groups is 1. The molecule has 30 heavy (non-hydrogen) atoms. The molecule has 0 aliphatic carbocycles. The molecule has 5 nitrogen and oxygen atoms in total. The Bertz CT molecular complexity index is 1220. The molecule has 150 valence electrons. The number of fused-ring (bicyclic) bond motifs is 1. The van der Waals surface area contributed by atoms with Crippen LogP contribution >= 0.6 is 11.6 Å². The number of nitrogens with zero attached hydrogens (tertiary/aromatic N) is 2. The average Bonchev–Trinajstić information content (AvgIpc) is 2.75. The minimum Gasteiger partial charge on any atom is -0.433 e. The van der Waals surface area contributed by atoms with Crippen molar-refractivity contribution in [3.8, 4) is 17.0 Å². The van der Waals surface area contributed by atoms with E-state index in [1.807, 2.05) is 18.2 Å². The van der Waals surface area contributed by atoms with Crippen LogP contribution in [0.3, 0.4) is 0 Å². The van der Waals surface area contributed by atoms with E-state index in [0.29, 0.717) is 27.8 Å². The first-order chi connectivity index (χ1) is 14.5. The van der Waals surface area contributed by atoms with Crippen molar-refractivity contribution in [3.05, 3.63) is 83.6 Å². The molecule has 1 amide bonds. The van der Waals surface area contributed by atoms with Crippen molar-refractivity contribution in [2.24, 2.45) is 0 Å². The third-order valence-electron chi connectivity index (χ3n) is 4.34. The highest BCUT2D eigenvalue weighted by Gasteiger charge is 2.15. The van der Waals surface area contributed by atoms with Crippen molar-refractivity contribution in [2.75, 3.05) is 5.32 Å². The molecule has 0 saturated heterocycles. The van der Waals surface area contributed by atoms with Gasteiger partial charge in [0, 0.05) is 29.0 Å². The van der Waals surface area contributed by atoms with Crippen LogP contribution in [-0.4, -0.2) is 22.5 Å². The summed E-state index contributed by atoms with van der Waals surface area (Å²) >= 11 is 5.98. The van der Waals surface area contributed by atoms with Gasteiger partial charge in [-0.05, 0) is 42.5 Å². The van der Waals surface area contributed by atoms with Crippen molar-refractivity contribution in [2.45, 2.75) is 6.61 Å². The molecule has 0 bridgehead atoms. The van der Waals surface area contributed by atoms with Crippen LogP contribution in [0.4, 0.5) is 14.5 Å². The summed E-state index contributed by atoms with van der Waals surface area (Å²) in [6, 6.07) is 16.7. The van der Waals surface area contributed by atoms with Gasteiger partial charge < -0.3 is 10.1 Å². The van der Waals surface area contributed by atoms with Crippen LogP contribution in [0.5, 0.6) is 5.75 Å². The van der Waals surface area contributed by atoms with Gasteiger partial charge in [0.2, 0.25) is 0 Å². The summed E-state index contributed by atoms with van der Waals surface area (Å²) in [6.07, 6.45) is 3.30. The van der Waals surface area contributed by atoms with Crippen LogP contribution in [0, 0.1) is 0 Å². The van der Waals surface area contributed by atoms with Gasteiger partial charge in [-0.1, -0.05) is 29.8 Å². The molecule has 1 N–H and O–H groups in total. The predicted molar refractivity (Wildman–Crippen MR) is 111 cm³/mol. The highest BCUT2D eigenvalue weighted by atomic mass is 35.5. The smallest absolute Gasteiger partial charge is 0.387 e. The molecule has 4 aromatic rings. The summed E-state index contributed by atoms with van der Waals surface area (Å²) in [4.78, 5) is 21.7. The largest absolute Gasteiger partial charge is 0.433 e. The van der Waals surface area contributed by atoms with Crippen molar-refractivity contribution in [3.63, 3.8) is 0 Å². The number of aromatic nitrogens is 2. The van der Waals surface area contributed by atoms with Crippen molar-refractivity contribution >= 4 is 34.1 Å². The number of benzene rings is 2. The zero-order valence-corrected chi connectivity index (χ0v) is 16.1. The van der Waals surface area contributed by atoms with E-state index >= 15 is 0 Å². The zero-order valence-electron chi connectivity index (χ0n) is 15.4. The third-order valence-corrected chi connectivity index (χ3v) is 4.64. The van der Waals surface area contributed by atoms with Gasteiger partial charge in [-0.15, -0.1) is 0 Å². The highest BCUT2D eigenvalue weighted by molar-refractivity contribution is 6.32. The van der Waals surface area contributed by atoms with Crippen LogP contribution in [0.1, 0.15) is 10.4 Å². The zero-order chi connectivity index (χ0) is 21.1. The molecule has 2 aromatic carbocycles. The van der Waals surface area contributed by atoms with Gasteiger partial charge in [0.15, 0.2) is 0 Å². The monoisotopic (exact) mass is 425 g/mol. The first-order valence-electron chi connectivity index (χ1n) is 8.87. The number of nitrogens with one attached hydrogen (secondary N) is 1. The fourth-order valence-corrected chi connectivity index (χ4v) is 3.23. The minimum atomic E-state index is -2.99. The van der Waals surface area contributed by atoms with E-state index in [4.69, 9.17) is 11.6 Å². The molecule has 0 aliphatic heterocycles. The van der Waals surface area contributed by atoms with Crippen molar-refractivity contribution in [1.29, 1.82) is 0 Å². The van der Waals surface area contributed by atoms with Crippen molar-refractivity contribution < 1.29 is 18.3 Å². The lowest BCUT2D eigenvalue weighted by atomic mass is 10.0. The van der Waals surface area contributed by atoms with Gasteiger partial charge >= 0.3 is 6.61 Å². The number of pyridine rings is 2. The Balaban J connectivity index is 1.70.